The van der Waals surface area contributed by atoms with E-state index in [1.165, 1.54) is 12.1 Å². The lowest BCUT2D eigenvalue weighted by atomic mass is 9.88. The molecule has 39 heavy (non-hydrogen) atoms. The summed E-state index contributed by atoms with van der Waals surface area (Å²) in [6, 6.07) is 6.36. The monoisotopic (exact) mass is 536 g/mol. The summed E-state index contributed by atoms with van der Waals surface area (Å²) in [5.41, 5.74) is 1.77. The van der Waals surface area contributed by atoms with E-state index in [2.05, 4.69) is 6.92 Å². The standard InChI is InChI=1S/C33H44O6/c1-23-13-11-15-24(2)30(36)18-10-8-6-5-7-9-14-25(3)33(38)39-31(22-29(35)20-19-23)26(4)32(37)27-16-12-17-28(34)21-27/h5-17,21,23,26,29-32,34-37H,18-20,22H2,1-4H3/b6-5+,9-7+,10-8+,13-11+,24-15+,25-14-/t23-,26+,29-,30+,31-,32-/m0/s1. The molecule has 6 nitrogen and oxygen atoms in total. The van der Waals surface area contributed by atoms with Crippen molar-refractivity contribution in [2.45, 2.75) is 77.8 Å². The van der Waals surface area contributed by atoms with Crippen LogP contribution in [0.2, 0.25) is 0 Å². The number of cyclic esters (lactones) is 1. The highest BCUT2D eigenvalue weighted by molar-refractivity contribution is 5.88. The quantitative estimate of drug-likeness (QED) is 0.352. The summed E-state index contributed by atoms with van der Waals surface area (Å²) in [5, 5.41) is 42.1. The zero-order chi connectivity index (χ0) is 28.8. The van der Waals surface area contributed by atoms with Gasteiger partial charge in [-0.25, -0.2) is 4.79 Å². The molecule has 0 radical (unpaired) electrons. The van der Waals surface area contributed by atoms with Gasteiger partial charge in [0.05, 0.1) is 18.3 Å². The van der Waals surface area contributed by atoms with Gasteiger partial charge in [-0.15, -0.1) is 0 Å². The van der Waals surface area contributed by atoms with E-state index < -0.39 is 36.3 Å². The van der Waals surface area contributed by atoms with Crippen molar-refractivity contribution in [2.75, 3.05) is 0 Å². The van der Waals surface area contributed by atoms with Crippen LogP contribution in [0.5, 0.6) is 5.75 Å². The van der Waals surface area contributed by atoms with Crippen LogP contribution in [0.1, 0.15) is 65.0 Å². The van der Waals surface area contributed by atoms with Crippen LogP contribution >= 0.6 is 0 Å². The number of hydrogen-bond acceptors (Lipinski definition) is 6. The summed E-state index contributed by atoms with van der Waals surface area (Å²) in [6.45, 7) is 7.39. The maximum Gasteiger partial charge on any atom is 0.333 e. The van der Waals surface area contributed by atoms with E-state index in [0.717, 1.165) is 12.0 Å². The minimum atomic E-state index is -1.00. The molecule has 0 saturated heterocycles. The molecular weight excluding hydrogens is 492 g/mol. The Kier molecular flexibility index (Phi) is 13.7. The predicted octanol–water partition coefficient (Wildman–Crippen LogP) is 6.02. The molecule has 1 aliphatic rings. The lowest BCUT2D eigenvalue weighted by Gasteiger charge is -2.30. The lowest BCUT2D eigenvalue weighted by molar-refractivity contribution is -0.151. The number of benzene rings is 1. The molecule has 0 aliphatic carbocycles. The van der Waals surface area contributed by atoms with Crippen molar-refractivity contribution in [1.82, 2.24) is 0 Å². The van der Waals surface area contributed by atoms with Crippen molar-refractivity contribution in [1.29, 1.82) is 0 Å². The SMILES string of the molecule is C/C1=C/C=C/C=C/C=C/C[C@@H](O)/C(C)=C/C=C/[C@H](C)CC[C@H](O)C[C@@H]([C@@H](C)[C@H](O)c2cccc(O)c2)OC1=O. The zero-order valence-electron chi connectivity index (χ0n) is 23.5. The van der Waals surface area contributed by atoms with Gasteiger partial charge in [-0.2, -0.15) is 0 Å². The third-order valence-corrected chi connectivity index (χ3v) is 6.95. The van der Waals surface area contributed by atoms with Crippen LogP contribution in [0.25, 0.3) is 0 Å². The average Bonchev–Trinajstić information content (AvgIpc) is 2.91. The molecule has 0 saturated carbocycles. The van der Waals surface area contributed by atoms with Crippen LogP contribution in [-0.4, -0.2) is 44.7 Å². The first-order chi connectivity index (χ1) is 18.6. The van der Waals surface area contributed by atoms with Gasteiger partial charge in [0.25, 0.3) is 0 Å². The number of carbonyl (C=O) groups is 1. The summed E-state index contributed by atoms with van der Waals surface area (Å²) in [6.07, 6.45) is 17.3. The van der Waals surface area contributed by atoms with Crippen LogP contribution in [0, 0.1) is 11.8 Å². The van der Waals surface area contributed by atoms with Crippen molar-refractivity contribution >= 4 is 5.97 Å². The Hall–Kier alpha value is -3.19. The maximum atomic E-state index is 12.9. The van der Waals surface area contributed by atoms with E-state index >= 15 is 0 Å². The van der Waals surface area contributed by atoms with Crippen LogP contribution in [0.3, 0.4) is 0 Å². The van der Waals surface area contributed by atoms with Crippen LogP contribution in [-0.2, 0) is 9.53 Å². The van der Waals surface area contributed by atoms with E-state index in [1.807, 2.05) is 49.5 Å². The van der Waals surface area contributed by atoms with Gasteiger partial charge in [0.1, 0.15) is 11.9 Å². The zero-order valence-corrected chi connectivity index (χ0v) is 23.5. The van der Waals surface area contributed by atoms with E-state index in [-0.39, 0.29) is 18.1 Å². The number of ether oxygens (including phenoxy) is 1. The minimum absolute atomic E-state index is 0.0370. The Bertz CT molecular complexity index is 1090. The third-order valence-electron chi connectivity index (χ3n) is 6.95. The number of phenolic OH excluding ortho intramolecular Hbond substituents is 1. The van der Waals surface area contributed by atoms with Gasteiger partial charge in [0.15, 0.2) is 0 Å². The first-order valence-electron chi connectivity index (χ1n) is 13.6. The fourth-order valence-corrected chi connectivity index (χ4v) is 4.19. The molecule has 0 fully saturated rings. The van der Waals surface area contributed by atoms with E-state index in [1.54, 1.807) is 44.2 Å². The second kappa shape index (κ2) is 16.7. The van der Waals surface area contributed by atoms with Crippen molar-refractivity contribution in [3.8, 4) is 5.75 Å². The van der Waals surface area contributed by atoms with Gasteiger partial charge >= 0.3 is 5.97 Å². The van der Waals surface area contributed by atoms with Crippen molar-refractivity contribution < 1.29 is 30.0 Å². The van der Waals surface area contributed by atoms with Crippen molar-refractivity contribution in [2.24, 2.45) is 11.8 Å². The molecule has 212 valence electrons. The molecule has 6 atom stereocenters. The number of carbonyl (C=O) groups excluding carboxylic acids is 1. The molecule has 1 aromatic rings. The van der Waals surface area contributed by atoms with Crippen molar-refractivity contribution in [3.63, 3.8) is 0 Å². The number of esters is 1. The van der Waals surface area contributed by atoms with Crippen LogP contribution in [0.4, 0.5) is 0 Å². The number of rotatable bonds is 3. The molecule has 4 N–H and O–H groups in total. The largest absolute Gasteiger partial charge is 0.508 e. The van der Waals surface area contributed by atoms with Crippen molar-refractivity contribution in [3.05, 3.63) is 102 Å². The van der Waals surface area contributed by atoms with Crippen LogP contribution < -0.4 is 0 Å². The summed E-state index contributed by atoms with van der Waals surface area (Å²) in [4.78, 5) is 12.9. The van der Waals surface area contributed by atoms with E-state index in [0.29, 0.717) is 24.0 Å². The number of hydrogen-bond donors (Lipinski definition) is 4. The highest BCUT2D eigenvalue weighted by Gasteiger charge is 2.31. The van der Waals surface area contributed by atoms with Gasteiger partial charge in [-0.3, -0.25) is 0 Å². The maximum absolute atomic E-state index is 12.9. The molecule has 0 aromatic heterocycles. The Morgan fingerprint density at radius 2 is 1.69 bits per heavy atom. The van der Waals surface area contributed by atoms with E-state index in [9.17, 15) is 25.2 Å². The number of phenols is 1. The predicted molar refractivity (Wildman–Crippen MR) is 156 cm³/mol. The van der Waals surface area contributed by atoms with Gasteiger partial charge < -0.3 is 25.2 Å². The first-order valence-corrected chi connectivity index (χ1v) is 13.6. The average molecular weight is 537 g/mol. The van der Waals surface area contributed by atoms with Crippen LogP contribution in [0.15, 0.2) is 96.2 Å². The van der Waals surface area contributed by atoms with Gasteiger partial charge in [0.2, 0.25) is 0 Å². The first kappa shape index (κ1) is 32.0. The molecular formula is C33H44O6. The summed E-state index contributed by atoms with van der Waals surface area (Å²) >= 11 is 0. The number of allylic oxidation sites excluding steroid dienone is 9. The van der Waals surface area contributed by atoms with Gasteiger partial charge in [-0.05, 0) is 62.3 Å². The lowest BCUT2D eigenvalue weighted by Crippen LogP contribution is -2.33. The fourth-order valence-electron chi connectivity index (χ4n) is 4.19. The Morgan fingerprint density at radius 1 is 0.974 bits per heavy atom. The summed E-state index contributed by atoms with van der Waals surface area (Å²) < 4.78 is 5.83. The fraction of sp³-hybridized carbons (Fsp3) is 0.424. The van der Waals surface area contributed by atoms with Gasteiger partial charge in [0, 0.05) is 17.9 Å². The normalized spacial score (nSPS) is 31.9. The summed E-state index contributed by atoms with van der Waals surface area (Å²) in [7, 11) is 0. The minimum Gasteiger partial charge on any atom is -0.508 e. The topological polar surface area (TPSA) is 107 Å². The van der Waals surface area contributed by atoms with E-state index in [4.69, 9.17) is 4.74 Å². The third kappa shape index (κ3) is 11.6. The highest BCUT2D eigenvalue weighted by atomic mass is 16.5. The Balaban J connectivity index is 2.28. The number of aliphatic hydroxyl groups excluding tert-OH is 3. The number of aromatic hydroxyl groups is 1. The Morgan fingerprint density at radius 3 is 2.44 bits per heavy atom. The Labute approximate surface area is 233 Å². The molecule has 1 aromatic carbocycles. The van der Waals surface area contributed by atoms with Gasteiger partial charge in [-0.1, -0.05) is 86.7 Å². The highest BCUT2D eigenvalue weighted by Crippen LogP contribution is 2.31. The number of aliphatic hydroxyl groups is 3. The molecule has 1 heterocycles. The molecule has 1 aliphatic heterocycles. The molecule has 2 rings (SSSR count). The second-order valence-electron chi connectivity index (χ2n) is 10.4. The molecule has 6 heteroatoms. The second-order valence-corrected chi connectivity index (χ2v) is 10.4. The molecule has 0 amide bonds. The molecule has 0 unspecified atom stereocenters. The summed E-state index contributed by atoms with van der Waals surface area (Å²) in [5.74, 6) is -0.830. The smallest absolute Gasteiger partial charge is 0.333 e. The molecule has 0 bridgehead atoms. The molecule has 0 spiro atoms.